The van der Waals surface area contributed by atoms with Crippen LogP contribution in [0.1, 0.15) is 15.9 Å². The first-order valence-electron chi connectivity index (χ1n) is 3.23. The molecular weight excluding hydrogens is 219 g/mol. The molecule has 0 fully saturated rings. The molecule has 1 rings (SSSR count). The summed E-state index contributed by atoms with van der Waals surface area (Å²) in [4.78, 5) is 10.5. The van der Waals surface area contributed by atoms with Crippen LogP contribution in [-0.4, -0.2) is 11.1 Å². The number of carboxylic acid groups (broad SMARTS) is 1. The van der Waals surface area contributed by atoms with Crippen LogP contribution in [0.4, 0.5) is 0 Å². The molecule has 13 heavy (non-hydrogen) atoms. The SMILES string of the molecule is Cc1c(Cl)ccc([O-])c1C(=O)O.[K+]. The molecule has 0 atom stereocenters. The maximum absolute atomic E-state index is 11.0. The molecule has 64 valence electrons. The summed E-state index contributed by atoms with van der Waals surface area (Å²) < 4.78 is 0. The molecule has 0 amide bonds. The van der Waals surface area contributed by atoms with Crippen LogP contribution < -0.4 is 56.5 Å². The molecule has 0 aliphatic carbocycles. The average molecular weight is 225 g/mol. The minimum Gasteiger partial charge on any atom is -0.872 e. The van der Waals surface area contributed by atoms with Gasteiger partial charge in [0.1, 0.15) is 0 Å². The first-order chi connectivity index (χ1) is 5.54. The van der Waals surface area contributed by atoms with Crippen molar-refractivity contribution in [3.05, 3.63) is 28.3 Å². The summed E-state index contributed by atoms with van der Waals surface area (Å²) in [6, 6.07) is 2.55. The van der Waals surface area contributed by atoms with Crippen LogP contribution in [0.3, 0.4) is 0 Å². The van der Waals surface area contributed by atoms with Crippen molar-refractivity contribution in [1.82, 2.24) is 0 Å². The number of aromatic carboxylic acids is 1. The number of halogens is 1. The molecule has 0 saturated heterocycles. The maximum Gasteiger partial charge on any atom is 1.00 e. The monoisotopic (exact) mass is 224 g/mol. The van der Waals surface area contributed by atoms with Gasteiger partial charge in [0, 0.05) is 5.02 Å². The summed E-state index contributed by atoms with van der Waals surface area (Å²) in [6.07, 6.45) is 0. The Morgan fingerprint density at radius 1 is 1.54 bits per heavy atom. The fraction of sp³-hybridized carbons (Fsp3) is 0.125. The maximum atomic E-state index is 11.0. The van der Waals surface area contributed by atoms with E-state index in [1.807, 2.05) is 0 Å². The van der Waals surface area contributed by atoms with Gasteiger partial charge in [0.25, 0.3) is 0 Å². The second-order valence-electron chi connectivity index (χ2n) is 2.35. The molecule has 0 bridgehead atoms. The molecule has 1 N–H and O–H groups in total. The number of hydrogen-bond donors (Lipinski definition) is 1. The average Bonchev–Trinajstić information content (AvgIpc) is 1.97. The Hall–Kier alpha value is 0.416. The molecule has 0 spiro atoms. The molecule has 1 aromatic carbocycles. The van der Waals surface area contributed by atoms with E-state index < -0.39 is 11.7 Å². The van der Waals surface area contributed by atoms with Crippen LogP contribution in [0.15, 0.2) is 12.1 Å². The second-order valence-corrected chi connectivity index (χ2v) is 2.76. The van der Waals surface area contributed by atoms with Crippen molar-refractivity contribution in [2.45, 2.75) is 6.92 Å². The minimum absolute atomic E-state index is 0. The molecule has 0 radical (unpaired) electrons. The van der Waals surface area contributed by atoms with Crippen molar-refractivity contribution in [2.24, 2.45) is 0 Å². The van der Waals surface area contributed by atoms with E-state index in [0.29, 0.717) is 10.6 Å². The summed E-state index contributed by atoms with van der Waals surface area (Å²) >= 11 is 5.63. The molecule has 3 nitrogen and oxygen atoms in total. The number of rotatable bonds is 1. The first-order valence-corrected chi connectivity index (χ1v) is 3.61. The molecular formula is C8H6ClKO3. The van der Waals surface area contributed by atoms with Crippen LogP contribution in [0.2, 0.25) is 5.02 Å². The third-order valence-corrected chi connectivity index (χ3v) is 1.98. The van der Waals surface area contributed by atoms with E-state index in [0.717, 1.165) is 6.07 Å². The largest absolute Gasteiger partial charge is 1.00 e. The third kappa shape index (κ3) is 2.94. The van der Waals surface area contributed by atoms with Crippen LogP contribution in [0.25, 0.3) is 0 Å². The fourth-order valence-electron chi connectivity index (χ4n) is 0.927. The smallest absolute Gasteiger partial charge is 0.872 e. The zero-order valence-electron chi connectivity index (χ0n) is 7.30. The van der Waals surface area contributed by atoms with Crippen molar-refractivity contribution < 1.29 is 66.4 Å². The van der Waals surface area contributed by atoms with E-state index in [9.17, 15) is 9.90 Å². The van der Waals surface area contributed by atoms with Gasteiger partial charge in [0.15, 0.2) is 0 Å². The van der Waals surface area contributed by atoms with Gasteiger partial charge in [0.2, 0.25) is 0 Å². The molecule has 0 aliphatic heterocycles. The number of carbonyl (C=O) groups is 1. The van der Waals surface area contributed by atoms with Crippen molar-refractivity contribution >= 4 is 17.6 Å². The van der Waals surface area contributed by atoms with Gasteiger partial charge in [-0.25, -0.2) is 4.79 Å². The summed E-state index contributed by atoms with van der Waals surface area (Å²) in [5.41, 5.74) is 0.0687. The Kier molecular flexibility index (Phi) is 5.51. The van der Waals surface area contributed by atoms with E-state index >= 15 is 0 Å². The number of hydrogen-bond acceptors (Lipinski definition) is 2. The van der Waals surface area contributed by atoms with Crippen LogP contribution in [-0.2, 0) is 0 Å². The third-order valence-electron chi connectivity index (χ3n) is 1.57. The molecule has 5 heteroatoms. The van der Waals surface area contributed by atoms with Crippen molar-refractivity contribution in [2.75, 3.05) is 0 Å². The summed E-state index contributed by atoms with van der Waals surface area (Å²) in [6.45, 7) is 1.51. The zero-order chi connectivity index (χ0) is 9.30. The van der Waals surface area contributed by atoms with Gasteiger partial charge in [-0.1, -0.05) is 23.4 Å². The number of benzene rings is 1. The first kappa shape index (κ1) is 13.4. The number of carboxylic acids is 1. The normalized spacial score (nSPS) is 9.08. The molecule has 0 saturated carbocycles. The van der Waals surface area contributed by atoms with Gasteiger partial charge in [-0.05, 0) is 18.6 Å². The van der Waals surface area contributed by atoms with Crippen molar-refractivity contribution in [1.29, 1.82) is 0 Å². The van der Waals surface area contributed by atoms with Crippen molar-refractivity contribution in [3.63, 3.8) is 0 Å². The van der Waals surface area contributed by atoms with E-state index in [-0.39, 0.29) is 56.9 Å². The summed E-state index contributed by atoms with van der Waals surface area (Å²) in [5.74, 6) is -1.75. The molecule has 0 unspecified atom stereocenters. The summed E-state index contributed by atoms with van der Waals surface area (Å²) in [7, 11) is 0. The Bertz CT molecular complexity index is 338. The Morgan fingerprint density at radius 2 is 2.08 bits per heavy atom. The predicted octanol–water partition coefficient (Wildman–Crippen LogP) is -1.58. The molecule has 0 heterocycles. The quantitative estimate of drug-likeness (QED) is 0.586. The topological polar surface area (TPSA) is 60.4 Å². The minimum atomic E-state index is -1.24. The molecule has 1 aromatic rings. The Morgan fingerprint density at radius 3 is 2.46 bits per heavy atom. The van der Waals surface area contributed by atoms with Gasteiger partial charge in [-0.2, -0.15) is 0 Å². The standard InChI is InChI=1S/C8H7ClO3.K/c1-4-5(9)2-3-6(10)7(4)8(11)12;/h2-3,10H,1H3,(H,11,12);/q;+1/p-1. The van der Waals surface area contributed by atoms with E-state index in [1.165, 1.54) is 13.0 Å². The Labute approximate surface area is 123 Å². The van der Waals surface area contributed by atoms with E-state index in [1.54, 1.807) is 0 Å². The van der Waals surface area contributed by atoms with Crippen molar-refractivity contribution in [3.8, 4) is 5.75 Å². The van der Waals surface area contributed by atoms with Gasteiger partial charge in [-0.3, -0.25) is 0 Å². The van der Waals surface area contributed by atoms with Crippen LogP contribution in [0.5, 0.6) is 5.75 Å². The van der Waals surface area contributed by atoms with Gasteiger partial charge >= 0.3 is 57.4 Å². The Balaban J connectivity index is 0.00000144. The summed E-state index contributed by atoms with van der Waals surface area (Å²) in [5, 5.41) is 19.9. The van der Waals surface area contributed by atoms with Crippen LogP contribution in [0, 0.1) is 6.92 Å². The van der Waals surface area contributed by atoms with Gasteiger partial charge < -0.3 is 10.2 Å². The van der Waals surface area contributed by atoms with E-state index in [2.05, 4.69) is 0 Å². The van der Waals surface area contributed by atoms with Gasteiger partial charge in [0.05, 0.1) is 5.56 Å². The molecule has 0 aromatic heterocycles. The van der Waals surface area contributed by atoms with Gasteiger partial charge in [-0.15, -0.1) is 0 Å². The second kappa shape index (κ2) is 5.34. The zero-order valence-corrected chi connectivity index (χ0v) is 11.2. The fourth-order valence-corrected chi connectivity index (χ4v) is 1.08. The van der Waals surface area contributed by atoms with E-state index in [4.69, 9.17) is 16.7 Å². The van der Waals surface area contributed by atoms with Crippen LogP contribution >= 0.6 is 11.6 Å². The molecule has 0 aliphatic rings. The predicted molar refractivity (Wildman–Crippen MR) is 42.6 cm³/mol.